The number of nitrogens with zero attached hydrogens (tertiary/aromatic N) is 1. The summed E-state index contributed by atoms with van der Waals surface area (Å²) in [5.74, 6) is -3.22. The number of anilines is 1. The van der Waals surface area contributed by atoms with Gasteiger partial charge in [0.25, 0.3) is 5.92 Å². The molecule has 0 amide bonds. The normalized spacial score (nSPS) is 12.1. The number of halogens is 5. The summed E-state index contributed by atoms with van der Waals surface area (Å²) < 4.78 is 63.5. The van der Waals surface area contributed by atoms with Crippen LogP contribution in [-0.4, -0.2) is 19.0 Å². The monoisotopic (exact) mass is 279 g/mol. The first-order valence-corrected chi connectivity index (χ1v) is 5.13. The molecular formula is C11H10F5N3. The van der Waals surface area contributed by atoms with Crippen molar-refractivity contribution in [2.45, 2.75) is 12.1 Å². The highest BCUT2D eigenvalue weighted by Crippen LogP contribution is 2.33. The Labute approximate surface area is 105 Å². The first-order chi connectivity index (χ1) is 8.69. The van der Waals surface area contributed by atoms with Gasteiger partial charge in [-0.15, -0.1) is 0 Å². The summed E-state index contributed by atoms with van der Waals surface area (Å²) >= 11 is 0. The quantitative estimate of drug-likeness (QED) is 0.833. The van der Waals surface area contributed by atoms with E-state index in [0.717, 1.165) is 12.1 Å². The van der Waals surface area contributed by atoms with Crippen LogP contribution in [0.2, 0.25) is 0 Å². The van der Waals surface area contributed by atoms with Crippen molar-refractivity contribution in [3.63, 3.8) is 0 Å². The second-order valence-corrected chi connectivity index (χ2v) is 3.78. The summed E-state index contributed by atoms with van der Waals surface area (Å²) in [6, 6.07) is 4.06. The lowest BCUT2D eigenvalue weighted by molar-refractivity contribution is -0.137. The molecule has 104 valence electrons. The van der Waals surface area contributed by atoms with Gasteiger partial charge in [-0.05, 0) is 18.2 Å². The first-order valence-electron chi connectivity index (χ1n) is 5.13. The van der Waals surface area contributed by atoms with E-state index in [1.54, 1.807) is 0 Å². The summed E-state index contributed by atoms with van der Waals surface area (Å²) in [6.07, 6.45) is -4.72. The Kier molecular flexibility index (Phi) is 4.32. The standard InChI is InChI=1S/C11H10F5N3/c12-10(13,5-18)6-19-8-2-1-7(4-17)9(3-8)11(14,15)16/h1-3,19H,5-6,18H2. The molecule has 0 fully saturated rings. The molecule has 8 heteroatoms. The molecule has 0 heterocycles. The molecule has 0 unspecified atom stereocenters. The molecule has 0 saturated heterocycles. The van der Waals surface area contributed by atoms with Crippen molar-refractivity contribution in [2.75, 3.05) is 18.4 Å². The van der Waals surface area contributed by atoms with Gasteiger partial charge in [0.15, 0.2) is 0 Å². The van der Waals surface area contributed by atoms with E-state index in [0.29, 0.717) is 6.07 Å². The zero-order valence-electron chi connectivity index (χ0n) is 9.56. The average Bonchev–Trinajstić information content (AvgIpc) is 2.35. The summed E-state index contributed by atoms with van der Waals surface area (Å²) in [6.45, 7) is -1.80. The van der Waals surface area contributed by atoms with Crippen molar-refractivity contribution in [1.82, 2.24) is 0 Å². The Balaban J connectivity index is 2.98. The number of nitrogens with two attached hydrogens (primary N) is 1. The molecule has 1 aromatic rings. The van der Waals surface area contributed by atoms with Gasteiger partial charge in [-0.2, -0.15) is 18.4 Å². The maximum absolute atomic E-state index is 12.9. The minimum Gasteiger partial charge on any atom is -0.379 e. The molecule has 0 spiro atoms. The maximum atomic E-state index is 12.9. The van der Waals surface area contributed by atoms with Gasteiger partial charge in [0.2, 0.25) is 0 Å². The van der Waals surface area contributed by atoms with E-state index in [9.17, 15) is 22.0 Å². The third-order valence-corrected chi connectivity index (χ3v) is 2.30. The molecule has 0 aliphatic rings. The van der Waals surface area contributed by atoms with Crippen LogP contribution in [0.15, 0.2) is 18.2 Å². The van der Waals surface area contributed by atoms with Gasteiger partial charge >= 0.3 is 6.18 Å². The van der Waals surface area contributed by atoms with Crippen molar-refractivity contribution in [2.24, 2.45) is 5.73 Å². The SMILES string of the molecule is N#Cc1ccc(NCC(F)(F)CN)cc1C(F)(F)F. The van der Waals surface area contributed by atoms with E-state index in [2.05, 4.69) is 5.32 Å². The Hall–Kier alpha value is -1.88. The number of hydrogen-bond donors (Lipinski definition) is 2. The number of benzene rings is 1. The van der Waals surface area contributed by atoms with Crippen molar-refractivity contribution in [3.8, 4) is 6.07 Å². The lowest BCUT2D eigenvalue weighted by Crippen LogP contribution is -2.35. The third kappa shape index (κ3) is 4.06. The molecular weight excluding hydrogens is 269 g/mol. The summed E-state index contributed by atoms with van der Waals surface area (Å²) in [4.78, 5) is 0. The highest BCUT2D eigenvalue weighted by Gasteiger charge is 2.34. The molecule has 0 aliphatic heterocycles. The fourth-order valence-corrected chi connectivity index (χ4v) is 1.29. The second kappa shape index (κ2) is 5.40. The average molecular weight is 279 g/mol. The van der Waals surface area contributed by atoms with Crippen LogP contribution in [0.25, 0.3) is 0 Å². The van der Waals surface area contributed by atoms with Crippen molar-refractivity contribution in [3.05, 3.63) is 29.3 Å². The van der Waals surface area contributed by atoms with Gasteiger partial charge in [0, 0.05) is 5.69 Å². The van der Waals surface area contributed by atoms with Gasteiger partial charge in [0.05, 0.1) is 30.3 Å². The molecule has 1 rings (SSSR count). The van der Waals surface area contributed by atoms with Crippen LogP contribution in [0.1, 0.15) is 11.1 Å². The second-order valence-electron chi connectivity index (χ2n) is 3.78. The van der Waals surface area contributed by atoms with Crippen molar-refractivity contribution < 1.29 is 22.0 Å². The fraction of sp³-hybridized carbons (Fsp3) is 0.364. The molecule has 0 aliphatic carbocycles. The van der Waals surface area contributed by atoms with Crippen molar-refractivity contribution >= 4 is 5.69 Å². The molecule has 0 saturated carbocycles. The number of nitriles is 1. The minimum atomic E-state index is -4.72. The van der Waals surface area contributed by atoms with Crippen LogP contribution < -0.4 is 11.1 Å². The molecule has 0 atom stereocenters. The molecule has 0 bridgehead atoms. The minimum absolute atomic E-state index is 0.153. The van der Waals surface area contributed by atoms with E-state index in [1.165, 1.54) is 6.07 Å². The summed E-state index contributed by atoms with van der Waals surface area (Å²) in [7, 11) is 0. The predicted molar refractivity (Wildman–Crippen MR) is 58.7 cm³/mol. The first kappa shape index (κ1) is 15.2. The van der Waals surface area contributed by atoms with Gasteiger partial charge in [-0.3, -0.25) is 0 Å². The van der Waals surface area contributed by atoms with Crippen LogP contribution in [-0.2, 0) is 6.18 Å². The highest BCUT2D eigenvalue weighted by atomic mass is 19.4. The smallest absolute Gasteiger partial charge is 0.379 e. The zero-order valence-corrected chi connectivity index (χ0v) is 9.56. The van der Waals surface area contributed by atoms with Crippen LogP contribution in [0.3, 0.4) is 0 Å². The summed E-state index contributed by atoms with van der Waals surface area (Å²) in [5.41, 5.74) is 2.91. The molecule has 19 heavy (non-hydrogen) atoms. The molecule has 0 radical (unpaired) electrons. The largest absolute Gasteiger partial charge is 0.417 e. The number of nitrogens with one attached hydrogen (secondary N) is 1. The number of hydrogen-bond acceptors (Lipinski definition) is 3. The van der Waals surface area contributed by atoms with E-state index < -0.39 is 36.3 Å². The predicted octanol–water partition coefficient (Wildman–Crippen LogP) is 2.58. The van der Waals surface area contributed by atoms with Gasteiger partial charge in [0.1, 0.15) is 0 Å². The molecule has 3 nitrogen and oxygen atoms in total. The molecule has 3 N–H and O–H groups in total. The van der Waals surface area contributed by atoms with Crippen LogP contribution in [0, 0.1) is 11.3 Å². The lowest BCUT2D eigenvalue weighted by atomic mass is 10.1. The Morgan fingerprint density at radius 2 is 1.84 bits per heavy atom. The van der Waals surface area contributed by atoms with E-state index in [-0.39, 0.29) is 5.69 Å². The van der Waals surface area contributed by atoms with Gasteiger partial charge < -0.3 is 11.1 Å². The van der Waals surface area contributed by atoms with E-state index in [1.807, 2.05) is 0 Å². The topological polar surface area (TPSA) is 61.8 Å². The number of rotatable bonds is 4. The Morgan fingerprint density at radius 1 is 1.21 bits per heavy atom. The van der Waals surface area contributed by atoms with Crippen LogP contribution in [0.5, 0.6) is 0 Å². The van der Waals surface area contributed by atoms with E-state index in [4.69, 9.17) is 11.0 Å². The molecule has 0 aromatic heterocycles. The van der Waals surface area contributed by atoms with Crippen LogP contribution in [0.4, 0.5) is 27.6 Å². The summed E-state index contributed by atoms with van der Waals surface area (Å²) in [5, 5.41) is 10.7. The zero-order chi connectivity index (χ0) is 14.7. The molecule has 1 aromatic carbocycles. The van der Waals surface area contributed by atoms with Crippen molar-refractivity contribution in [1.29, 1.82) is 5.26 Å². The van der Waals surface area contributed by atoms with E-state index >= 15 is 0 Å². The Bertz CT molecular complexity index is 490. The Morgan fingerprint density at radius 3 is 2.32 bits per heavy atom. The van der Waals surface area contributed by atoms with Crippen LogP contribution >= 0.6 is 0 Å². The maximum Gasteiger partial charge on any atom is 0.417 e. The number of alkyl halides is 5. The van der Waals surface area contributed by atoms with Gasteiger partial charge in [-0.25, -0.2) is 8.78 Å². The fourth-order valence-electron chi connectivity index (χ4n) is 1.29. The highest BCUT2D eigenvalue weighted by molar-refractivity contribution is 5.53. The third-order valence-electron chi connectivity index (χ3n) is 2.30. The van der Waals surface area contributed by atoms with Gasteiger partial charge in [-0.1, -0.05) is 0 Å². The lowest BCUT2D eigenvalue weighted by Gasteiger charge is -2.16.